The first kappa shape index (κ1) is 24.6. The van der Waals surface area contributed by atoms with Gasteiger partial charge < -0.3 is 24.8 Å². The first-order valence-corrected chi connectivity index (χ1v) is 10.9. The molecule has 2 amide bonds. The maximum Gasteiger partial charge on any atom is 0.257 e. The van der Waals surface area contributed by atoms with Crippen LogP contribution in [0.2, 0.25) is 0 Å². The molecule has 178 valence electrons. The highest BCUT2D eigenvalue weighted by atomic mass is 16.5. The van der Waals surface area contributed by atoms with Crippen LogP contribution in [0.25, 0.3) is 0 Å². The maximum absolute atomic E-state index is 12.8. The van der Waals surface area contributed by atoms with E-state index in [4.69, 9.17) is 14.2 Å². The molecule has 0 aliphatic rings. The number of rotatable bonds is 10. The highest BCUT2D eigenvalue weighted by Gasteiger charge is 2.14. The van der Waals surface area contributed by atoms with Gasteiger partial charge in [-0.3, -0.25) is 14.6 Å². The third kappa shape index (κ3) is 6.48. The molecule has 2 aromatic carbocycles. The topological polar surface area (TPSA) is 98.8 Å². The summed E-state index contributed by atoms with van der Waals surface area (Å²) in [6, 6.07) is 13.4. The Morgan fingerprint density at radius 3 is 2.32 bits per heavy atom. The Balaban J connectivity index is 1.70. The minimum absolute atomic E-state index is 0.314. The highest BCUT2D eigenvalue weighted by Crippen LogP contribution is 2.31. The number of nitrogens with one attached hydrogen (secondary N) is 2. The van der Waals surface area contributed by atoms with Gasteiger partial charge in [0.15, 0.2) is 11.5 Å². The van der Waals surface area contributed by atoms with Crippen molar-refractivity contribution in [2.45, 2.75) is 20.3 Å². The van der Waals surface area contributed by atoms with Gasteiger partial charge >= 0.3 is 0 Å². The van der Waals surface area contributed by atoms with Crippen LogP contribution < -0.4 is 24.8 Å². The summed E-state index contributed by atoms with van der Waals surface area (Å²) < 4.78 is 16.6. The van der Waals surface area contributed by atoms with Crippen LogP contribution in [-0.2, 0) is 0 Å². The van der Waals surface area contributed by atoms with Crippen LogP contribution >= 0.6 is 0 Å². The number of aromatic nitrogens is 1. The molecule has 8 heteroatoms. The summed E-state index contributed by atoms with van der Waals surface area (Å²) in [6.07, 6.45) is 4.00. The second-order valence-corrected chi connectivity index (χ2v) is 7.96. The molecule has 0 saturated heterocycles. The third-order valence-corrected chi connectivity index (χ3v) is 5.01. The fourth-order valence-corrected chi connectivity index (χ4v) is 3.10. The van der Waals surface area contributed by atoms with Gasteiger partial charge in [-0.05, 0) is 54.8 Å². The van der Waals surface area contributed by atoms with Crippen molar-refractivity contribution in [2.75, 3.05) is 31.5 Å². The van der Waals surface area contributed by atoms with Gasteiger partial charge in [-0.2, -0.15) is 0 Å². The lowest BCUT2D eigenvalue weighted by molar-refractivity contribution is 0.101. The molecule has 34 heavy (non-hydrogen) atoms. The molecule has 0 unspecified atom stereocenters. The van der Waals surface area contributed by atoms with E-state index < -0.39 is 0 Å². The Morgan fingerprint density at radius 1 is 0.882 bits per heavy atom. The van der Waals surface area contributed by atoms with Gasteiger partial charge in [0.2, 0.25) is 0 Å². The monoisotopic (exact) mass is 463 g/mol. The zero-order valence-corrected chi connectivity index (χ0v) is 19.8. The number of methoxy groups -OCH3 is 2. The van der Waals surface area contributed by atoms with Crippen LogP contribution in [0.4, 0.5) is 11.4 Å². The van der Waals surface area contributed by atoms with E-state index >= 15 is 0 Å². The van der Waals surface area contributed by atoms with E-state index in [-0.39, 0.29) is 11.8 Å². The van der Waals surface area contributed by atoms with Crippen molar-refractivity contribution in [2.24, 2.45) is 5.92 Å². The second-order valence-electron chi connectivity index (χ2n) is 7.96. The Hall–Kier alpha value is -4.07. The van der Waals surface area contributed by atoms with E-state index in [0.29, 0.717) is 52.3 Å². The molecule has 0 bridgehead atoms. The summed E-state index contributed by atoms with van der Waals surface area (Å²) in [5, 5.41) is 5.62. The maximum atomic E-state index is 12.8. The second kappa shape index (κ2) is 11.7. The summed E-state index contributed by atoms with van der Waals surface area (Å²) >= 11 is 0. The number of carbonyl (C=O) groups is 2. The molecule has 0 radical (unpaired) electrons. The number of nitrogens with zero attached hydrogens (tertiary/aromatic N) is 1. The molecule has 0 atom stereocenters. The predicted molar refractivity (Wildman–Crippen MR) is 131 cm³/mol. The molecule has 0 aliphatic carbocycles. The van der Waals surface area contributed by atoms with Crippen LogP contribution in [0.5, 0.6) is 17.2 Å². The van der Waals surface area contributed by atoms with Gasteiger partial charge in [0.05, 0.1) is 32.1 Å². The molecule has 8 nitrogen and oxygen atoms in total. The molecule has 0 aliphatic heterocycles. The summed E-state index contributed by atoms with van der Waals surface area (Å²) in [7, 11) is 3.03. The van der Waals surface area contributed by atoms with Crippen molar-refractivity contribution < 1.29 is 23.8 Å². The first-order chi connectivity index (χ1) is 16.4. The molecule has 1 aromatic heterocycles. The van der Waals surface area contributed by atoms with Gasteiger partial charge in [-0.1, -0.05) is 13.8 Å². The summed E-state index contributed by atoms with van der Waals surface area (Å²) in [5.74, 6) is 1.38. The Kier molecular flexibility index (Phi) is 8.45. The zero-order valence-electron chi connectivity index (χ0n) is 19.8. The van der Waals surface area contributed by atoms with Gasteiger partial charge in [0.25, 0.3) is 11.8 Å². The average Bonchev–Trinajstić information content (AvgIpc) is 2.85. The highest BCUT2D eigenvalue weighted by molar-refractivity contribution is 6.06. The lowest BCUT2D eigenvalue weighted by Crippen LogP contribution is -2.14. The number of benzene rings is 2. The van der Waals surface area contributed by atoms with Crippen molar-refractivity contribution in [3.63, 3.8) is 0 Å². The van der Waals surface area contributed by atoms with E-state index in [1.807, 2.05) is 0 Å². The third-order valence-electron chi connectivity index (χ3n) is 5.01. The normalized spacial score (nSPS) is 10.5. The minimum atomic E-state index is -0.318. The van der Waals surface area contributed by atoms with E-state index in [9.17, 15) is 9.59 Å². The molecule has 1 heterocycles. The van der Waals surface area contributed by atoms with Crippen LogP contribution in [0.3, 0.4) is 0 Å². The number of anilines is 2. The van der Waals surface area contributed by atoms with Crippen molar-refractivity contribution in [1.29, 1.82) is 0 Å². The Bertz CT molecular complexity index is 1130. The van der Waals surface area contributed by atoms with E-state index in [1.54, 1.807) is 54.7 Å². The SMILES string of the molecule is COc1cc(NC(=O)c2ccc(OCCC(C)C)c(OC)c2)ccc1NC(=O)c1cccnc1. The Labute approximate surface area is 199 Å². The van der Waals surface area contributed by atoms with Crippen molar-refractivity contribution in [3.05, 3.63) is 72.1 Å². The minimum Gasteiger partial charge on any atom is -0.494 e. The number of pyridine rings is 1. The van der Waals surface area contributed by atoms with Gasteiger partial charge in [-0.15, -0.1) is 0 Å². The summed E-state index contributed by atoms with van der Waals surface area (Å²) in [5.41, 5.74) is 1.82. The number of hydrogen-bond donors (Lipinski definition) is 2. The molecular weight excluding hydrogens is 434 g/mol. The van der Waals surface area contributed by atoms with Crippen molar-refractivity contribution in [1.82, 2.24) is 4.98 Å². The van der Waals surface area contributed by atoms with Crippen LogP contribution in [-0.4, -0.2) is 37.6 Å². The van der Waals surface area contributed by atoms with Gasteiger partial charge in [-0.25, -0.2) is 0 Å². The quantitative estimate of drug-likeness (QED) is 0.438. The number of hydrogen-bond acceptors (Lipinski definition) is 6. The number of carbonyl (C=O) groups excluding carboxylic acids is 2. The smallest absolute Gasteiger partial charge is 0.257 e. The molecule has 0 spiro atoms. The molecule has 0 fully saturated rings. The molecular formula is C26H29N3O5. The lowest BCUT2D eigenvalue weighted by atomic mass is 10.1. The van der Waals surface area contributed by atoms with Gasteiger partial charge in [0.1, 0.15) is 5.75 Å². The number of amides is 2. The van der Waals surface area contributed by atoms with E-state index in [0.717, 1.165) is 6.42 Å². The van der Waals surface area contributed by atoms with Crippen molar-refractivity contribution in [3.8, 4) is 17.2 Å². The van der Waals surface area contributed by atoms with Crippen LogP contribution in [0.15, 0.2) is 60.9 Å². The molecule has 2 N–H and O–H groups in total. The predicted octanol–water partition coefficient (Wildman–Crippen LogP) is 5.03. The molecule has 3 rings (SSSR count). The van der Waals surface area contributed by atoms with E-state index in [2.05, 4.69) is 29.5 Å². The summed E-state index contributed by atoms with van der Waals surface area (Å²) in [4.78, 5) is 29.2. The van der Waals surface area contributed by atoms with Crippen LogP contribution in [0.1, 0.15) is 41.0 Å². The largest absolute Gasteiger partial charge is 0.494 e. The Morgan fingerprint density at radius 2 is 1.65 bits per heavy atom. The summed E-state index contributed by atoms with van der Waals surface area (Å²) in [6.45, 7) is 4.83. The fraction of sp³-hybridized carbons (Fsp3) is 0.269. The average molecular weight is 464 g/mol. The van der Waals surface area contributed by atoms with E-state index in [1.165, 1.54) is 20.4 Å². The lowest BCUT2D eigenvalue weighted by Gasteiger charge is -2.14. The molecule has 3 aromatic rings. The molecule has 0 saturated carbocycles. The first-order valence-electron chi connectivity index (χ1n) is 10.9. The standard InChI is InChI=1S/C26H29N3O5/c1-17(2)11-13-34-22-10-7-18(14-24(22)33-4)25(30)28-20-8-9-21(23(15-20)32-3)29-26(31)19-6-5-12-27-16-19/h5-10,12,14-17H,11,13H2,1-4H3,(H,28,30)(H,29,31). The number of ether oxygens (including phenoxy) is 3. The fourth-order valence-electron chi connectivity index (χ4n) is 3.10. The van der Waals surface area contributed by atoms with Gasteiger partial charge in [0, 0.05) is 29.7 Å². The van der Waals surface area contributed by atoms with Crippen LogP contribution in [0, 0.1) is 5.92 Å². The van der Waals surface area contributed by atoms with Crippen molar-refractivity contribution >= 4 is 23.2 Å². The zero-order chi connectivity index (χ0) is 24.5.